The van der Waals surface area contributed by atoms with E-state index in [4.69, 9.17) is 0 Å². The standard InChI is InChI=1S/C14H16NO/c16-14(12-6-4-5-7-12)10-11-15-13-8-2-1-3-9-13/h1-9,14-16H,10-11H2/q-1. The van der Waals surface area contributed by atoms with Crippen molar-refractivity contribution in [3.8, 4) is 0 Å². The molecular formula is C14H16NO-. The molecule has 0 amide bonds. The predicted octanol–water partition coefficient (Wildman–Crippen LogP) is 2.94. The van der Waals surface area contributed by atoms with E-state index in [9.17, 15) is 5.11 Å². The van der Waals surface area contributed by atoms with Gasteiger partial charge in [0, 0.05) is 12.2 Å². The summed E-state index contributed by atoms with van der Waals surface area (Å²) in [4.78, 5) is 0. The molecule has 0 aliphatic heterocycles. The molecule has 0 aliphatic rings. The van der Waals surface area contributed by atoms with Crippen LogP contribution >= 0.6 is 0 Å². The number of benzene rings is 1. The van der Waals surface area contributed by atoms with Gasteiger partial charge in [-0.3, -0.25) is 0 Å². The summed E-state index contributed by atoms with van der Waals surface area (Å²) in [6, 6.07) is 17.8. The number of nitrogens with one attached hydrogen (secondary N) is 1. The lowest BCUT2D eigenvalue weighted by Crippen LogP contribution is -2.06. The molecular weight excluding hydrogens is 198 g/mol. The molecule has 0 spiro atoms. The van der Waals surface area contributed by atoms with Crippen molar-refractivity contribution >= 4 is 5.69 Å². The molecule has 0 radical (unpaired) electrons. The highest BCUT2D eigenvalue weighted by atomic mass is 16.3. The van der Waals surface area contributed by atoms with Crippen molar-refractivity contribution in [3.63, 3.8) is 0 Å². The molecule has 0 saturated heterocycles. The fourth-order valence-corrected chi connectivity index (χ4v) is 1.69. The lowest BCUT2D eigenvalue weighted by molar-refractivity contribution is 0.172. The van der Waals surface area contributed by atoms with Crippen LogP contribution in [0.15, 0.2) is 54.6 Å². The van der Waals surface area contributed by atoms with Gasteiger partial charge in [-0.05, 0) is 18.6 Å². The minimum atomic E-state index is -0.369. The first-order chi connectivity index (χ1) is 7.86. The van der Waals surface area contributed by atoms with E-state index in [1.54, 1.807) is 0 Å². The quantitative estimate of drug-likeness (QED) is 0.750. The molecule has 2 aromatic carbocycles. The largest absolute Gasteiger partial charge is 0.391 e. The predicted molar refractivity (Wildman–Crippen MR) is 66.5 cm³/mol. The van der Waals surface area contributed by atoms with Crippen LogP contribution in [0.2, 0.25) is 0 Å². The summed E-state index contributed by atoms with van der Waals surface area (Å²) in [5.41, 5.74) is 2.09. The van der Waals surface area contributed by atoms with Crippen LogP contribution in [0.3, 0.4) is 0 Å². The van der Waals surface area contributed by atoms with E-state index < -0.39 is 0 Å². The molecule has 84 valence electrons. The molecule has 0 bridgehead atoms. The van der Waals surface area contributed by atoms with Crippen LogP contribution < -0.4 is 5.32 Å². The highest BCUT2D eigenvalue weighted by molar-refractivity contribution is 5.42. The van der Waals surface area contributed by atoms with E-state index in [0.29, 0.717) is 0 Å². The molecule has 0 fully saturated rings. The van der Waals surface area contributed by atoms with Crippen LogP contribution in [0.5, 0.6) is 0 Å². The number of anilines is 1. The van der Waals surface area contributed by atoms with Crippen LogP contribution in [0, 0.1) is 0 Å². The van der Waals surface area contributed by atoms with E-state index >= 15 is 0 Å². The summed E-state index contributed by atoms with van der Waals surface area (Å²) in [6.07, 6.45) is 0.352. The molecule has 1 atom stereocenters. The number of aliphatic hydroxyl groups excluding tert-OH is 1. The third-order valence-electron chi connectivity index (χ3n) is 2.59. The summed E-state index contributed by atoms with van der Waals surface area (Å²) >= 11 is 0. The zero-order chi connectivity index (χ0) is 11.2. The van der Waals surface area contributed by atoms with Gasteiger partial charge in [0.15, 0.2) is 0 Å². The topological polar surface area (TPSA) is 32.3 Å². The minimum Gasteiger partial charge on any atom is -0.391 e. The van der Waals surface area contributed by atoms with Crippen molar-refractivity contribution in [2.75, 3.05) is 11.9 Å². The number of rotatable bonds is 5. The van der Waals surface area contributed by atoms with Gasteiger partial charge in [-0.2, -0.15) is 12.1 Å². The lowest BCUT2D eigenvalue weighted by Gasteiger charge is -2.13. The normalized spacial score (nSPS) is 12.3. The van der Waals surface area contributed by atoms with Gasteiger partial charge in [-0.1, -0.05) is 18.2 Å². The van der Waals surface area contributed by atoms with Crippen molar-refractivity contribution in [3.05, 3.63) is 60.2 Å². The summed E-state index contributed by atoms with van der Waals surface area (Å²) in [5.74, 6) is 0. The molecule has 2 rings (SSSR count). The molecule has 2 N–H and O–H groups in total. The Kier molecular flexibility index (Phi) is 3.67. The van der Waals surface area contributed by atoms with Crippen LogP contribution in [-0.4, -0.2) is 11.7 Å². The summed E-state index contributed by atoms with van der Waals surface area (Å²) < 4.78 is 0. The molecule has 16 heavy (non-hydrogen) atoms. The lowest BCUT2D eigenvalue weighted by atomic mass is 10.1. The van der Waals surface area contributed by atoms with Gasteiger partial charge in [-0.15, -0.1) is 5.56 Å². The van der Waals surface area contributed by atoms with Crippen molar-refractivity contribution < 1.29 is 5.11 Å². The Bertz CT molecular complexity index is 394. The van der Waals surface area contributed by atoms with E-state index in [0.717, 1.165) is 24.2 Å². The first kappa shape index (κ1) is 10.8. The van der Waals surface area contributed by atoms with Crippen molar-refractivity contribution in [2.45, 2.75) is 12.5 Å². The summed E-state index contributed by atoms with van der Waals surface area (Å²) in [6.45, 7) is 0.774. The van der Waals surface area contributed by atoms with E-state index in [1.807, 2.05) is 54.6 Å². The van der Waals surface area contributed by atoms with Crippen LogP contribution in [0.4, 0.5) is 5.69 Å². The first-order valence-corrected chi connectivity index (χ1v) is 5.55. The zero-order valence-electron chi connectivity index (χ0n) is 9.13. The molecule has 2 aromatic rings. The first-order valence-electron chi connectivity index (χ1n) is 5.55. The zero-order valence-corrected chi connectivity index (χ0v) is 9.13. The molecule has 0 aromatic heterocycles. The van der Waals surface area contributed by atoms with Gasteiger partial charge in [0.05, 0.1) is 6.10 Å². The third-order valence-corrected chi connectivity index (χ3v) is 2.59. The van der Waals surface area contributed by atoms with Crippen molar-refractivity contribution in [2.24, 2.45) is 0 Å². The third kappa shape index (κ3) is 2.91. The highest BCUT2D eigenvalue weighted by Crippen LogP contribution is 2.16. The van der Waals surface area contributed by atoms with Gasteiger partial charge in [0.25, 0.3) is 0 Å². The Hall–Kier alpha value is -1.67. The van der Waals surface area contributed by atoms with Gasteiger partial charge >= 0.3 is 0 Å². The number of para-hydroxylation sites is 1. The number of hydrogen-bond acceptors (Lipinski definition) is 2. The number of aliphatic hydroxyl groups is 1. The van der Waals surface area contributed by atoms with Crippen LogP contribution in [0.1, 0.15) is 18.1 Å². The average Bonchev–Trinajstić information content (AvgIpc) is 2.84. The molecule has 1 unspecified atom stereocenters. The van der Waals surface area contributed by atoms with Gasteiger partial charge in [-0.25, -0.2) is 12.1 Å². The van der Waals surface area contributed by atoms with Crippen LogP contribution in [-0.2, 0) is 0 Å². The fraction of sp³-hybridized carbons (Fsp3) is 0.214. The fourth-order valence-electron chi connectivity index (χ4n) is 1.69. The monoisotopic (exact) mass is 214 g/mol. The minimum absolute atomic E-state index is 0.369. The van der Waals surface area contributed by atoms with Crippen LogP contribution in [0.25, 0.3) is 0 Å². The SMILES string of the molecule is OC(CCNc1ccccc1)c1ccc[cH-]1. The maximum Gasteiger partial charge on any atom is 0.0578 e. The Labute approximate surface area is 95.9 Å². The maximum atomic E-state index is 9.85. The smallest absolute Gasteiger partial charge is 0.0578 e. The Morgan fingerprint density at radius 3 is 2.62 bits per heavy atom. The second kappa shape index (κ2) is 5.42. The Morgan fingerprint density at radius 2 is 1.94 bits per heavy atom. The second-order valence-electron chi connectivity index (χ2n) is 3.82. The Balaban J connectivity index is 1.76. The molecule has 2 nitrogen and oxygen atoms in total. The van der Waals surface area contributed by atoms with Crippen molar-refractivity contribution in [1.82, 2.24) is 0 Å². The average molecular weight is 214 g/mol. The van der Waals surface area contributed by atoms with E-state index in [1.165, 1.54) is 0 Å². The van der Waals surface area contributed by atoms with Gasteiger partial charge in [0.2, 0.25) is 0 Å². The highest BCUT2D eigenvalue weighted by Gasteiger charge is 2.01. The van der Waals surface area contributed by atoms with E-state index in [2.05, 4.69) is 5.32 Å². The number of hydrogen-bond donors (Lipinski definition) is 2. The maximum absolute atomic E-state index is 9.85. The molecule has 0 heterocycles. The van der Waals surface area contributed by atoms with E-state index in [-0.39, 0.29) is 6.10 Å². The molecule has 0 saturated carbocycles. The van der Waals surface area contributed by atoms with Gasteiger partial charge < -0.3 is 10.4 Å². The molecule has 0 aliphatic carbocycles. The molecule has 2 heteroatoms. The van der Waals surface area contributed by atoms with Crippen molar-refractivity contribution in [1.29, 1.82) is 0 Å². The Morgan fingerprint density at radius 1 is 1.12 bits per heavy atom. The summed E-state index contributed by atoms with van der Waals surface area (Å²) in [5, 5.41) is 13.1. The summed E-state index contributed by atoms with van der Waals surface area (Å²) in [7, 11) is 0. The second-order valence-corrected chi connectivity index (χ2v) is 3.82. The van der Waals surface area contributed by atoms with Gasteiger partial charge in [0.1, 0.15) is 0 Å².